The van der Waals surface area contributed by atoms with Crippen molar-refractivity contribution in [2.45, 2.75) is 18.3 Å². The Morgan fingerprint density at radius 2 is 1.59 bits per heavy atom. The molecule has 2 amide bonds. The van der Waals surface area contributed by atoms with Crippen LogP contribution in [-0.4, -0.2) is 33.5 Å². The molecule has 0 unspecified atom stereocenters. The normalized spacial score (nSPS) is 23.5. The SMILES string of the molecule is O=C(c1cccc([N+](=O)[O-])c1)[C@H]1[C@H]2C(=O)N(c3ccccc3C(F)(F)F)C(=O)[C@@H]2[C@H]2c3ccccc3C=CN21. The van der Waals surface area contributed by atoms with Crippen LogP contribution in [0.4, 0.5) is 24.5 Å². The van der Waals surface area contributed by atoms with Crippen LogP contribution in [0.5, 0.6) is 0 Å². The highest BCUT2D eigenvalue weighted by atomic mass is 19.4. The maximum Gasteiger partial charge on any atom is 0.418 e. The minimum absolute atomic E-state index is 0.0461. The molecule has 0 aromatic heterocycles. The summed E-state index contributed by atoms with van der Waals surface area (Å²) in [5, 5.41) is 11.3. The van der Waals surface area contributed by atoms with E-state index in [9.17, 15) is 37.7 Å². The van der Waals surface area contributed by atoms with Crippen LogP contribution in [0.3, 0.4) is 0 Å². The molecule has 3 aliphatic heterocycles. The van der Waals surface area contributed by atoms with Crippen LogP contribution in [-0.2, 0) is 15.8 Å². The van der Waals surface area contributed by atoms with Gasteiger partial charge in [-0.2, -0.15) is 13.2 Å². The first-order valence-electron chi connectivity index (χ1n) is 12.0. The predicted molar refractivity (Wildman–Crippen MR) is 132 cm³/mol. The van der Waals surface area contributed by atoms with E-state index < -0.39 is 63.9 Å². The molecule has 3 aromatic carbocycles. The molecule has 2 saturated heterocycles. The summed E-state index contributed by atoms with van der Waals surface area (Å²) in [6.45, 7) is 0. The lowest BCUT2D eigenvalue weighted by atomic mass is 9.83. The molecule has 2 fully saturated rings. The number of fused-ring (bicyclic) bond motifs is 5. The van der Waals surface area contributed by atoms with E-state index in [0.717, 1.165) is 29.8 Å². The van der Waals surface area contributed by atoms with Crippen LogP contribution < -0.4 is 4.90 Å². The molecule has 3 heterocycles. The lowest BCUT2D eigenvalue weighted by Crippen LogP contribution is -2.44. The van der Waals surface area contributed by atoms with Crippen LogP contribution in [0.2, 0.25) is 0 Å². The average Bonchev–Trinajstić information content (AvgIpc) is 3.40. The summed E-state index contributed by atoms with van der Waals surface area (Å²) in [6, 6.07) is 14.3. The minimum atomic E-state index is -4.83. The van der Waals surface area contributed by atoms with E-state index >= 15 is 0 Å². The first-order valence-corrected chi connectivity index (χ1v) is 12.0. The van der Waals surface area contributed by atoms with Crippen molar-refractivity contribution < 1.29 is 32.5 Å². The Morgan fingerprint density at radius 1 is 0.897 bits per heavy atom. The zero-order chi connectivity index (χ0) is 27.6. The number of nitrogens with zero attached hydrogens (tertiary/aromatic N) is 3. The molecular formula is C28H18F3N3O5. The number of Topliss-reactive ketones (excluding diaryl/α,β-unsaturated/α-hetero) is 1. The second-order valence-corrected chi connectivity index (χ2v) is 9.53. The summed E-state index contributed by atoms with van der Waals surface area (Å²) in [6.07, 6.45) is -1.51. The third-order valence-corrected chi connectivity index (χ3v) is 7.52. The van der Waals surface area contributed by atoms with Gasteiger partial charge in [-0.15, -0.1) is 0 Å². The zero-order valence-electron chi connectivity index (χ0n) is 19.9. The average molecular weight is 533 g/mol. The highest BCUT2D eigenvalue weighted by Gasteiger charge is 2.65. The van der Waals surface area contributed by atoms with Crippen molar-refractivity contribution in [2.75, 3.05) is 4.90 Å². The smallest absolute Gasteiger partial charge is 0.358 e. The van der Waals surface area contributed by atoms with Gasteiger partial charge in [0.1, 0.15) is 6.04 Å². The Labute approximate surface area is 219 Å². The van der Waals surface area contributed by atoms with Crippen LogP contribution in [0, 0.1) is 22.0 Å². The molecular weight excluding hydrogens is 515 g/mol. The van der Waals surface area contributed by atoms with E-state index in [0.29, 0.717) is 10.5 Å². The number of nitro benzene ring substituents is 1. The second kappa shape index (κ2) is 8.62. The summed E-state index contributed by atoms with van der Waals surface area (Å²) in [5.74, 6) is -4.88. The van der Waals surface area contributed by atoms with Crippen molar-refractivity contribution in [1.82, 2.24) is 4.90 Å². The molecule has 4 atom stereocenters. The monoisotopic (exact) mass is 533 g/mol. The largest absolute Gasteiger partial charge is 0.418 e. The van der Waals surface area contributed by atoms with Gasteiger partial charge in [0.25, 0.3) is 5.69 Å². The van der Waals surface area contributed by atoms with Crippen molar-refractivity contribution in [2.24, 2.45) is 11.8 Å². The molecule has 0 N–H and O–H groups in total. The number of para-hydroxylation sites is 1. The highest BCUT2D eigenvalue weighted by molar-refractivity contribution is 6.25. The number of hydrogen-bond acceptors (Lipinski definition) is 6. The number of amides is 2. The number of hydrogen-bond donors (Lipinski definition) is 0. The Morgan fingerprint density at radius 3 is 2.33 bits per heavy atom. The van der Waals surface area contributed by atoms with Gasteiger partial charge in [0.2, 0.25) is 11.8 Å². The molecule has 6 rings (SSSR count). The molecule has 0 saturated carbocycles. The van der Waals surface area contributed by atoms with Crippen LogP contribution in [0.1, 0.15) is 33.1 Å². The summed E-state index contributed by atoms with van der Waals surface area (Å²) in [7, 11) is 0. The molecule has 3 aromatic rings. The Hall–Kier alpha value is -4.80. The van der Waals surface area contributed by atoms with Crippen molar-refractivity contribution >= 4 is 35.0 Å². The van der Waals surface area contributed by atoms with E-state index in [2.05, 4.69) is 0 Å². The molecule has 196 valence electrons. The number of carbonyl (C=O) groups excluding carboxylic acids is 3. The van der Waals surface area contributed by atoms with Crippen molar-refractivity contribution in [3.63, 3.8) is 0 Å². The van der Waals surface area contributed by atoms with Crippen molar-refractivity contribution in [1.29, 1.82) is 0 Å². The molecule has 0 aliphatic carbocycles. The fourth-order valence-corrected chi connectivity index (χ4v) is 5.95. The number of nitro groups is 1. The number of carbonyl (C=O) groups is 3. The summed E-state index contributed by atoms with van der Waals surface area (Å²) in [4.78, 5) is 54.4. The minimum Gasteiger partial charge on any atom is -0.358 e. The van der Waals surface area contributed by atoms with Crippen LogP contribution >= 0.6 is 0 Å². The van der Waals surface area contributed by atoms with E-state index in [-0.39, 0.29) is 11.3 Å². The Bertz CT molecular complexity index is 1600. The summed E-state index contributed by atoms with van der Waals surface area (Å²) < 4.78 is 41.6. The second-order valence-electron chi connectivity index (χ2n) is 9.53. The quantitative estimate of drug-likeness (QED) is 0.202. The highest BCUT2D eigenvalue weighted by Crippen LogP contribution is 2.54. The number of halogens is 3. The Kier molecular flexibility index (Phi) is 5.42. The van der Waals surface area contributed by atoms with E-state index in [4.69, 9.17) is 0 Å². The van der Waals surface area contributed by atoms with E-state index in [1.165, 1.54) is 24.3 Å². The fourth-order valence-electron chi connectivity index (χ4n) is 5.95. The van der Waals surface area contributed by atoms with Gasteiger partial charge in [0, 0.05) is 23.9 Å². The molecule has 39 heavy (non-hydrogen) atoms. The van der Waals surface area contributed by atoms with Gasteiger partial charge in [-0.3, -0.25) is 24.5 Å². The number of rotatable bonds is 4. The zero-order valence-corrected chi connectivity index (χ0v) is 19.9. The number of non-ortho nitro benzene ring substituents is 1. The maximum absolute atomic E-state index is 13.9. The molecule has 3 aliphatic rings. The van der Waals surface area contributed by atoms with Crippen molar-refractivity contribution in [3.05, 3.63) is 111 Å². The molecule has 11 heteroatoms. The van der Waals surface area contributed by atoms with Crippen molar-refractivity contribution in [3.8, 4) is 0 Å². The summed E-state index contributed by atoms with van der Waals surface area (Å²) in [5.41, 5.74) is -0.723. The number of anilines is 1. The maximum atomic E-state index is 13.9. The first kappa shape index (κ1) is 24.5. The van der Waals surface area contributed by atoms with Gasteiger partial charge >= 0.3 is 6.18 Å². The van der Waals surface area contributed by atoms with E-state index in [1.807, 2.05) is 0 Å². The van der Waals surface area contributed by atoms with Gasteiger partial charge in [-0.25, -0.2) is 4.90 Å². The standard InChI is InChI=1S/C28H18F3N3O5/c29-28(30,31)19-10-3-4-11-20(19)33-26(36)21-22(27(33)37)24(25(35)16-7-5-8-17(14-16)34(38)39)32-13-12-15-6-1-2-9-18(15)23(21)32/h1-14,21-24H/t21-,22-,23+,24+/m0/s1. The van der Waals surface area contributed by atoms with Gasteiger partial charge in [-0.05, 0) is 29.3 Å². The number of imide groups is 1. The van der Waals surface area contributed by atoms with E-state index in [1.54, 1.807) is 41.4 Å². The van der Waals surface area contributed by atoms with Gasteiger partial charge in [0.15, 0.2) is 5.78 Å². The molecule has 8 nitrogen and oxygen atoms in total. The topological polar surface area (TPSA) is 101 Å². The lowest BCUT2D eigenvalue weighted by molar-refractivity contribution is -0.384. The predicted octanol–water partition coefficient (Wildman–Crippen LogP) is 5.01. The third-order valence-electron chi connectivity index (χ3n) is 7.52. The molecule has 0 bridgehead atoms. The van der Waals surface area contributed by atoms with Gasteiger partial charge in [0.05, 0.1) is 34.1 Å². The van der Waals surface area contributed by atoms with Crippen LogP contribution in [0.25, 0.3) is 6.08 Å². The number of ketones is 1. The summed E-state index contributed by atoms with van der Waals surface area (Å²) >= 11 is 0. The number of benzene rings is 3. The van der Waals surface area contributed by atoms with Gasteiger partial charge < -0.3 is 4.90 Å². The fraction of sp³-hybridized carbons (Fsp3) is 0.179. The first-order chi connectivity index (χ1) is 18.6. The lowest BCUT2D eigenvalue weighted by Gasteiger charge is -2.35. The van der Waals surface area contributed by atoms with Gasteiger partial charge in [-0.1, -0.05) is 48.5 Å². The molecule has 0 spiro atoms. The third kappa shape index (κ3) is 3.64. The number of alkyl halides is 3. The van der Waals surface area contributed by atoms with Crippen LogP contribution in [0.15, 0.2) is 79.0 Å². The molecule has 0 radical (unpaired) electrons. The Balaban J connectivity index is 1.51.